The van der Waals surface area contributed by atoms with E-state index in [1.54, 1.807) is 6.20 Å². The first kappa shape index (κ1) is 16.2. The largest absolute Gasteiger partial charge is 0.293 e. The van der Waals surface area contributed by atoms with Gasteiger partial charge in [0.25, 0.3) is 0 Å². The van der Waals surface area contributed by atoms with Gasteiger partial charge in [-0.15, -0.1) is 0 Å². The molecule has 2 aromatic heterocycles. The first-order valence-electron chi connectivity index (χ1n) is 9.49. The van der Waals surface area contributed by atoms with E-state index >= 15 is 0 Å². The highest BCUT2D eigenvalue weighted by molar-refractivity contribution is 5.97. The zero-order valence-corrected chi connectivity index (χ0v) is 16.1. The van der Waals surface area contributed by atoms with Crippen LogP contribution in [0.2, 0.25) is 0 Å². The molecule has 0 fully saturated rings. The molecule has 0 aliphatic carbocycles. The zero-order valence-electron chi connectivity index (χ0n) is 16.1. The number of rotatable bonds is 1. The molecule has 0 radical (unpaired) electrons. The SMILES string of the molecule is CC(C)c1ccc2c(c1)-n1c3ncccc3c(=O)c3cccc(c31)C2(C)C. The van der Waals surface area contributed by atoms with Crippen molar-refractivity contribution in [2.75, 3.05) is 0 Å². The monoisotopic (exact) mass is 354 g/mol. The molecule has 5 rings (SSSR count). The van der Waals surface area contributed by atoms with E-state index < -0.39 is 0 Å². The van der Waals surface area contributed by atoms with Crippen LogP contribution in [0.4, 0.5) is 0 Å². The molecule has 0 unspecified atom stereocenters. The molecule has 2 aromatic carbocycles. The van der Waals surface area contributed by atoms with Gasteiger partial charge in [-0.3, -0.25) is 9.36 Å². The second-order valence-corrected chi connectivity index (χ2v) is 8.30. The van der Waals surface area contributed by atoms with Gasteiger partial charge in [0.15, 0.2) is 5.43 Å². The Kier molecular flexibility index (Phi) is 3.18. The number of pyridine rings is 2. The summed E-state index contributed by atoms with van der Waals surface area (Å²) in [6, 6.07) is 16.6. The predicted molar refractivity (Wildman–Crippen MR) is 111 cm³/mol. The van der Waals surface area contributed by atoms with E-state index in [1.165, 1.54) is 16.7 Å². The van der Waals surface area contributed by atoms with E-state index in [0.29, 0.717) is 11.3 Å². The molecular weight excluding hydrogens is 332 g/mol. The lowest BCUT2D eigenvalue weighted by molar-refractivity contribution is 0.627. The van der Waals surface area contributed by atoms with Gasteiger partial charge in [-0.05, 0) is 46.9 Å². The molecule has 0 N–H and O–H groups in total. The normalized spacial score (nSPS) is 14.7. The van der Waals surface area contributed by atoms with Crippen LogP contribution in [0.3, 0.4) is 0 Å². The van der Waals surface area contributed by atoms with Crippen LogP contribution in [-0.4, -0.2) is 9.55 Å². The van der Waals surface area contributed by atoms with E-state index in [1.807, 2.05) is 24.3 Å². The minimum Gasteiger partial charge on any atom is -0.293 e. The number of hydrogen-bond acceptors (Lipinski definition) is 2. The number of aromatic nitrogens is 2. The first-order chi connectivity index (χ1) is 12.9. The molecule has 1 aliphatic rings. The third-order valence-electron chi connectivity index (χ3n) is 6.02. The summed E-state index contributed by atoms with van der Waals surface area (Å²) in [5.41, 5.74) is 6.48. The van der Waals surface area contributed by atoms with E-state index in [-0.39, 0.29) is 10.8 Å². The average molecular weight is 354 g/mol. The quantitative estimate of drug-likeness (QED) is 0.435. The number of fused-ring (bicyclic) bond motifs is 4. The summed E-state index contributed by atoms with van der Waals surface area (Å²) in [5, 5.41) is 1.43. The van der Waals surface area contributed by atoms with Crippen LogP contribution in [0.5, 0.6) is 0 Å². The van der Waals surface area contributed by atoms with Crippen LogP contribution >= 0.6 is 0 Å². The van der Waals surface area contributed by atoms with Crippen molar-refractivity contribution >= 4 is 21.9 Å². The predicted octanol–water partition coefficient (Wildman–Crippen LogP) is 5.30. The summed E-state index contributed by atoms with van der Waals surface area (Å²) in [6.07, 6.45) is 1.77. The summed E-state index contributed by atoms with van der Waals surface area (Å²) < 4.78 is 2.20. The third kappa shape index (κ3) is 2.03. The first-order valence-corrected chi connectivity index (χ1v) is 9.49. The maximum Gasteiger partial charge on any atom is 0.198 e. The maximum atomic E-state index is 13.2. The van der Waals surface area contributed by atoms with Crippen molar-refractivity contribution in [1.29, 1.82) is 0 Å². The van der Waals surface area contributed by atoms with Crippen molar-refractivity contribution in [3.8, 4) is 5.69 Å². The third-order valence-corrected chi connectivity index (χ3v) is 6.02. The molecule has 0 spiro atoms. The highest BCUT2D eigenvalue weighted by Gasteiger charge is 2.35. The van der Waals surface area contributed by atoms with Crippen LogP contribution in [-0.2, 0) is 5.41 Å². The summed E-state index contributed by atoms with van der Waals surface area (Å²) in [6.45, 7) is 8.90. The lowest BCUT2D eigenvalue weighted by Gasteiger charge is -2.36. The summed E-state index contributed by atoms with van der Waals surface area (Å²) in [7, 11) is 0. The lowest BCUT2D eigenvalue weighted by atomic mass is 9.73. The molecule has 0 saturated carbocycles. The number of para-hydroxylation sites is 1. The van der Waals surface area contributed by atoms with Crippen LogP contribution in [0.1, 0.15) is 50.3 Å². The van der Waals surface area contributed by atoms with E-state index in [2.05, 4.69) is 61.5 Å². The van der Waals surface area contributed by atoms with Gasteiger partial charge in [-0.1, -0.05) is 52.0 Å². The van der Waals surface area contributed by atoms with Gasteiger partial charge in [0.05, 0.1) is 16.6 Å². The number of hydrogen-bond donors (Lipinski definition) is 0. The van der Waals surface area contributed by atoms with Crippen molar-refractivity contribution in [2.45, 2.75) is 39.0 Å². The minimum atomic E-state index is -0.181. The Morgan fingerprint density at radius 3 is 2.52 bits per heavy atom. The minimum absolute atomic E-state index is 0.0606. The molecule has 4 aromatic rings. The standard InChI is InChI=1S/C24H22N2O/c1-14(2)15-10-11-18-20(13-15)26-21-16(7-5-9-19(21)24(18,3)4)22(27)17-8-6-12-25-23(17)26/h5-14H,1-4H3. The highest BCUT2D eigenvalue weighted by atomic mass is 16.1. The van der Waals surface area contributed by atoms with Gasteiger partial charge in [0.2, 0.25) is 0 Å². The zero-order chi connectivity index (χ0) is 18.9. The molecule has 0 saturated heterocycles. The molecule has 3 heterocycles. The number of nitrogens with zero attached hydrogens (tertiary/aromatic N) is 2. The summed E-state index contributed by atoms with van der Waals surface area (Å²) in [4.78, 5) is 17.8. The maximum absolute atomic E-state index is 13.2. The van der Waals surface area contributed by atoms with Crippen molar-refractivity contribution in [2.24, 2.45) is 0 Å². The molecule has 0 amide bonds. The molecule has 1 aliphatic heterocycles. The van der Waals surface area contributed by atoms with Gasteiger partial charge in [-0.2, -0.15) is 0 Å². The Labute approximate surface area is 158 Å². The Hall–Kier alpha value is -2.94. The van der Waals surface area contributed by atoms with Crippen molar-refractivity contribution in [1.82, 2.24) is 9.55 Å². The van der Waals surface area contributed by atoms with E-state index in [9.17, 15) is 4.79 Å². The number of benzene rings is 2. The van der Waals surface area contributed by atoms with Gasteiger partial charge >= 0.3 is 0 Å². The van der Waals surface area contributed by atoms with Crippen LogP contribution in [0.25, 0.3) is 27.6 Å². The van der Waals surface area contributed by atoms with Crippen LogP contribution in [0, 0.1) is 0 Å². The second kappa shape index (κ2) is 5.29. The Morgan fingerprint density at radius 1 is 0.963 bits per heavy atom. The smallest absolute Gasteiger partial charge is 0.198 e. The molecule has 0 atom stereocenters. The molecular formula is C24H22N2O. The van der Waals surface area contributed by atoms with Gasteiger partial charge < -0.3 is 0 Å². The average Bonchev–Trinajstić information content (AvgIpc) is 2.67. The molecule has 134 valence electrons. The molecule has 3 nitrogen and oxygen atoms in total. The van der Waals surface area contributed by atoms with Crippen LogP contribution < -0.4 is 5.43 Å². The second-order valence-electron chi connectivity index (χ2n) is 8.30. The van der Waals surface area contributed by atoms with Crippen molar-refractivity contribution in [3.63, 3.8) is 0 Å². The van der Waals surface area contributed by atoms with Gasteiger partial charge in [0, 0.05) is 17.0 Å². The molecule has 27 heavy (non-hydrogen) atoms. The van der Waals surface area contributed by atoms with E-state index in [4.69, 9.17) is 0 Å². The van der Waals surface area contributed by atoms with Gasteiger partial charge in [-0.25, -0.2) is 4.98 Å². The van der Waals surface area contributed by atoms with Crippen LogP contribution in [0.15, 0.2) is 59.5 Å². The van der Waals surface area contributed by atoms with Crippen molar-refractivity contribution < 1.29 is 0 Å². The molecule has 3 heteroatoms. The highest BCUT2D eigenvalue weighted by Crippen LogP contribution is 2.44. The Balaban J connectivity index is 2.10. The Bertz CT molecular complexity index is 1300. The lowest BCUT2D eigenvalue weighted by Crippen LogP contribution is -2.29. The Morgan fingerprint density at radius 2 is 1.74 bits per heavy atom. The molecule has 0 bridgehead atoms. The fourth-order valence-electron chi connectivity index (χ4n) is 4.48. The fraction of sp³-hybridized carbons (Fsp3) is 0.250. The van der Waals surface area contributed by atoms with Crippen molar-refractivity contribution in [3.05, 3.63) is 81.6 Å². The topological polar surface area (TPSA) is 34.9 Å². The van der Waals surface area contributed by atoms with E-state index in [0.717, 1.165) is 22.2 Å². The summed E-state index contributed by atoms with van der Waals surface area (Å²) >= 11 is 0. The fourth-order valence-corrected chi connectivity index (χ4v) is 4.48. The summed E-state index contributed by atoms with van der Waals surface area (Å²) in [5.74, 6) is 0.435. The van der Waals surface area contributed by atoms with Gasteiger partial charge in [0.1, 0.15) is 5.65 Å².